The Balaban J connectivity index is 1.62. The summed E-state index contributed by atoms with van der Waals surface area (Å²) in [6.07, 6.45) is 4.18. The van der Waals surface area contributed by atoms with Crippen LogP contribution in [0.15, 0.2) is 0 Å². The van der Waals surface area contributed by atoms with E-state index in [1.165, 1.54) is 19.4 Å². The second kappa shape index (κ2) is 6.53. The summed E-state index contributed by atoms with van der Waals surface area (Å²) in [5.41, 5.74) is -0.421. The molecule has 2 atom stereocenters. The molecule has 1 aliphatic carbocycles. The number of amides is 1. The number of hydrogen-bond donors (Lipinski definition) is 2. The van der Waals surface area contributed by atoms with Crippen molar-refractivity contribution in [2.75, 3.05) is 13.6 Å². The van der Waals surface area contributed by atoms with E-state index < -0.39 is 5.60 Å². The molecule has 1 saturated heterocycles. The second-order valence-electron chi connectivity index (χ2n) is 7.73. The van der Waals surface area contributed by atoms with Crippen LogP contribution >= 0.6 is 0 Å². The lowest BCUT2D eigenvalue weighted by molar-refractivity contribution is 0.0458. The molecule has 2 N–H and O–H groups in total. The van der Waals surface area contributed by atoms with E-state index in [1.807, 2.05) is 20.8 Å². The Labute approximate surface area is 128 Å². The molecule has 122 valence electrons. The summed E-state index contributed by atoms with van der Waals surface area (Å²) in [6, 6.07) is 2.10. The van der Waals surface area contributed by atoms with Gasteiger partial charge < -0.3 is 20.3 Å². The predicted octanol–water partition coefficient (Wildman–Crippen LogP) is 2.11. The number of alkyl carbamates (subject to hydrolysis) is 1. The number of rotatable bonds is 3. The first-order chi connectivity index (χ1) is 9.73. The third-order valence-electron chi connectivity index (χ3n) is 4.54. The van der Waals surface area contributed by atoms with Crippen LogP contribution in [0.2, 0.25) is 0 Å². The zero-order valence-corrected chi connectivity index (χ0v) is 14.1. The van der Waals surface area contributed by atoms with Crippen molar-refractivity contribution in [3.63, 3.8) is 0 Å². The number of carbonyl (C=O) groups is 1. The molecule has 2 rings (SSSR count). The molecule has 2 unspecified atom stereocenters. The standard InChI is InChI=1S/C16H31N3O2/c1-11-8-12(6-7-19(11)5)17-13-9-14(10-13)18-15(20)21-16(2,3)4/h11-14,17H,6-10H2,1-5H3,(H,18,20). The number of nitrogens with one attached hydrogen (secondary N) is 2. The van der Waals surface area contributed by atoms with E-state index in [0.717, 1.165) is 12.8 Å². The quantitative estimate of drug-likeness (QED) is 0.838. The van der Waals surface area contributed by atoms with Crippen LogP contribution in [0.4, 0.5) is 4.79 Å². The number of piperidine rings is 1. The van der Waals surface area contributed by atoms with Crippen LogP contribution in [0.3, 0.4) is 0 Å². The maximum Gasteiger partial charge on any atom is 0.407 e. The molecule has 0 aromatic heterocycles. The second-order valence-corrected chi connectivity index (χ2v) is 7.73. The van der Waals surface area contributed by atoms with Gasteiger partial charge in [0.05, 0.1) is 0 Å². The molecule has 2 aliphatic rings. The van der Waals surface area contributed by atoms with Gasteiger partial charge in [-0.05, 0) is 67.0 Å². The molecule has 2 fully saturated rings. The molecule has 0 bridgehead atoms. The molecular formula is C16H31N3O2. The van der Waals surface area contributed by atoms with Crippen LogP contribution in [0.5, 0.6) is 0 Å². The van der Waals surface area contributed by atoms with Crippen molar-refractivity contribution in [1.82, 2.24) is 15.5 Å². The highest BCUT2D eigenvalue weighted by Crippen LogP contribution is 2.24. The molecule has 0 aromatic rings. The molecule has 1 heterocycles. The lowest BCUT2D eigenvalue weighted by Gasteiger charge is -2.42. The molecule has 1 amide bonds. The molecule has 5 nitrogen and oxygen atoms in total. The van der Waals surface area contributed by atoms with Crippen molar-refractivity contribution >= 4 is 6.09 Å². The Morgan fingerprint density at radius 1 is 1.14 bits per heavy atom. The van der Waals surface area contributed by atoms with Crippen molar-refractivity contribution in [3.05, 3.63) is 0 Å². The first-order valence-electron chi connectivity index (χ1n) is 8.19. The summed E-state index contributed by atoms with van der Waals surface area (Å²) in [7, 11) is 2.20. The van der Waals surface area contributed by atoms with Crippen LogP contribution < -0.4 is 10.6 Å². The Morgan fingerprint density at radius 2 is 1.81 bits per heavy atom. The van der Waals surface area contributed by atoms with E-state index in [4.69, 9.17) is 4.74 Å². The van der Waals surface area contributed by atoms with Crippen molar-refractivity contribution < 1.29 is 9.53 Å². The summed E-state index contributed by atoms with van der Waals surface area (Å²) in [4.78, 5) is 14.1. The summed E-state index contributed by atoms with van der Waals surface area (Å²) in [5, 5.41) is 6.69. The molecule has 0 spiro atoms. The van der Waals surface area contributed by atoms with Gasteiger partial charge in [0.2, 0.25) is 0 Å². The third-order valence-corrected chi connectivity index (χ3v) is 4.54. The van der Waals surface area contributed by atoms with Crippen LogP contribution in [0, 0.1) is 0 Å². The molecular weight excluding hydrogens is 266 g/mol. The van der Waals surface area contributed by atoms with E-state index >= 15 is 0 Å². The Kier molecular flexibility index (Phi) is 5.15. The zero-order valence-electron chi connectivity index (χ0n) is 14.1. The zero-order chi connectivity index (χ0) is 15.6. The highest BCUT2D eigenvalue weighted by Gasteiger charge is 2.34. The summed E-state index contributed by atoms with van der Waals surface area (Å²) in [5.74, 6) is 0. The third kappa shape index (κ3) is 5.15. The normalized spacial score (nSPS) is 34.1. The minimum atomic E-state index is -0.421. The highest BCUT2D eigenvalue weighted by atomic mass is 16.6. The monoisotopic (exact) mass is 297 g/mol. The summed E-state index contributed by atoms with van der Waals surface area (Å²) >= 11 is 0. The van der Waals surface area contributed by atoms with Gasteiger partial charge in [0.1, 0.15) is 5.60 Å². The van der Waals surface area contributed by atoms with Gasteiger partial charge in [0, 0.05) is 24.2 Å². The first-order valence-corrected chi connectivity index (χ1v) is 8.19. The van der Waals surface area contributed by atoms with Crippen LogP contribution in [-0.2, 0) is 4.74 Å². The van der Waals surface area contributed by atoms with E-state index in [-0.39, 0.29) is 12.1 Å². The lowest BCUT2D eigenvalue weighted by atomic mass is 9.85. The van der Waals surface area contributed by atoms with Crippen LogP contribution in [0.1, 0.15) is 53.4 Å². The average molecular weight is 297 g/mol. The van der Waals surface area contributed by atoms with Gasteiger partial charge in [-0.15, -0.1) is 0 Å². The largest absolute Gasteiger partial charge is 0.444 e. The number of nitrogens with zero attached hydrogens (tertiary/aromatic N) is 1. The Morgan fingerprint density at radius 3 is 2.38 bits per heavy atom. The SMILES string of the molecule is CC1CC(NC2CC(NC(=O)OC(C)(C)C)C2)CCN1C. The van der Waals surface area contributed by atoms with E-state index in [9.17, 15) is 4.79 Å². The van der Waals surface area contributed by atoms with Gasteiger partial charge >= 0.3 is 6.09 Å². The highest BCUT2D eigenvalue weighted by molar-refractivity contribution is 5.68. The van der Waals surface area contributed by atoms with Gasteiger partial charge in [0.25, 0.3) is 0 Å². The number of carbonyl (C=O) groups excluding carboxylic acids is 1. The van der Waals surface area contributed by atoms with Crippen molar-refractivity contribution in [2.24, 2.45) is 0 Å². The average Bonchev–Trinajstić information content (AvgIpc) is 2.28. The first kappa shape index (κ1) is 16.6. The summed E-state index contributed by atoms with van der Waals surface area (Å²) in [6.45, 7) is 9.13. The van der Waals surface area contributed by atoms with Gasteiger partial charge in [-0.3, -0.25) is 0 Å². The number of ether oxygens (including phenoxy) is 1. The molecule has 5 heteroatoms. The molecule has 0 radical (unpaired) electrons. The summed E-state index contributed by atoms with van der Waals surface area (Å²) < 4.78 is 5.28. The number of likely N-dealkylation sites (tertiary alicyclic amines) is 1. The van der Waals surface area contributed by atoms with Crippen LogP contribution in [0.25, 0.3) is 0 Å². The van der Waals surface area contributed by atoms with Crippen LogP contribution in [-0.4, -0.2) is 54.4 Å². The van der Waals surface area contributed by atoms with Gasteiger partial charge in [0.15, 0.2) is 0 Å². The fraction of sp³-hybridized carbons (Fsp3) is 0.938. The van der Waals surface area contributed by atoms with E-state index in [1.54, 1.807) is 0 Å². The molecule has 0 aromatic carbocycles. The molecule has 21 heavy (non-hydrogen) atoms. The fourth-order valence-corrected chi connectivity index (χ4v) is 3.12. The van der Waals surface area contributed by atoms with E-state index in [0.29, 0.717) is 18.1 Å². The maximum atomic E-state index is 11.7. The molecule has 1 aliphatic heterocycles. The topological polar surface area (TPSA) is 53.6 Å². The number of hydrogen-bond acceptors (Lipinski definition) is 4. The van der Waals surface area contributed by atoms with Crippen molar-refractivity contribution in [1.29, 1.82) is 0 Å². The smallest absolute Gasteiger partial charge is 0.407 e. The maximum absolute atomic E-state index is 11.7. The molecule has 1 saturated carbocycles. The van der Waals surface area contributed by atoms with Gasteiger partial charge in [-0.25, -0.2) is 4.79 Å². The minimum Gasteiger partial charge on any atom is -0.444 e. The van der Waals surface area contributed by atoms with E-state index in [2.05, 4.69) is 29.5 Å². The van der Waals surface area contributed by atoms with Crippen molar-refractivity contribution in [2.45, 2.75) is 83.1 Å². The predicted molar refractivity (Wildman–Crippen MR) is 84.4 cm³/mol. The fourth-order valence-electron chi connectivity index (χ4n) is 3.12. The Bertz CT molecular complexity index is 361. The lowest BCUT2D eigenvalue weighted by Crippen LogP contribution is -2.57. The van der Waals surface area contributed by atoms with Crippen molar-refractivity contribution in [3.8, 4) is 0 Å². The van der Waals surface area contributed by atoms with Gasteiger partial charge in [-0.2, -0.15) is 0 Å². The minimum absolute atomic E-state index is 0.265. The van der Waals surface area contributed by atoms with Gasteiger partial charge in [-0.1, -0.05) is 0 Å². The Hall–Kier alpha value is -0.810.